The third-order valence-corrected chi connectivity index (χ3v) is 7.31. The Labute approximate surface area is 202 Å². The van der Waals surface area contributed by atoms with Crippen molar-refractivity contribution in [2.45, 2.75) is 32.6 Å². The number of ether oxygens (including phenoxy) is 1. The first kappa shape index (κ1) is 22.6. The largest absolute Gasteiger partial charge is 0.426 e. The molecule has 3 fully saturated rings. The molecule has 34 heavy (non-hydrogen) atoms. The van der Waals surface area contributed by atoms with E-state index in [1.54, 1.807) is 48.5 Å². The van der Waals surface area contributed by atoms with Gasteiger partial charge in [-0.1, -0.05) is 24.6 Å². The lowest BCUT2D eigenvalue weighted by Gasteiger charge is -2.25. The molecule has 0 bridgehead atoms. The molecule has 3 amide bonds. The molecule has 0 aromatic heterocycles. The van der Waals surface area contributed by atoms with Crippen molar-refractivity contribution in [3.05, 3.63) is 53.6 Å². The van der Waals surface area contributed by atoms with Gasteiger partial charge < -0.3 is 9.64 Å². The average Bonchev–Trinajstić information content (AvgIpc) is 3.32. The molecular weight excluding hydrogens is 456 g/mol. The molecule has 2 aliphatic heterocycles. The van der Waals surface area contributed by atoms with Crippen LogP contribution in [0.4, 0.5) is 11.4 Å². The van der Waals surface area contributed by atoms with Gasteiger partial charge in [-0.05, 0) is 67.6 Å². The molecule has 7 nitrogen and oxygen atoms in total. The van der Waals surface area contributed by atoms with Gasteiger partial charge in [-0.25, -0.2) is 0 Å². The monoisotopic (exact) mass is 480 g/mol. The number of benzene rings is 2. The van der Waals surface area contributed by atoms with Crippen molar-refractivity contribution in [2.75, 3.05) is 16.3 Å². The van der Waals surface area contributed by atoms with Crippen LogP contribution in [0.2, 0.25) is 5.02 Å². The molecule has 2 heterocycles. The number of hydrogen-bond acceptors (Lipinski definition) is 5. The lowest BCUT2D eigenvalue weighted by Crippen LogP contribution is -2.30. The number of hydrogen-bond donors (Lipinski definition) is 0. The Morgan fingerprint density at radius 3 is 2.44 bits per heavy atom. The Hall–Kier alpha value is -3.19. The third kappa shape index (κ3) is 4.09. The van der Waals surface area contributed by atoms with E-state index in [4.69, 9.17) is 16.3 Å². The molecule has 0 unspecified atom stereocenters. The molecule has 8 heteroatoms. The summed E-state index contributed by atoms with van der Waals surface area (Å²) in [7, 11) is 0. The highest BCUT2D eigenvalue weighted by atomic mass is 35.5. The minimum atomic E-state index is -0.599. The van der Waals surface area contributed by atoms with E-state index in [2.05, 4.69) is 6.92 Å². The number of fused-ring (bicyclic) bond motifs is 1. The van der Waals surface area contributed by atoms with Crippen molar-refractivity contribution in [3.8, 4) is 5.75 Å². The number of carbonyl (C=O) groups excluding carboxylic acids is 4. The van der Waals surface area contributed by atoms with Crippen molar-refractivity contribution in [1.82, 2.24) is 0 Å². The smallest absolute Gasteiger partial charge is 0.316 e. The fraction of sp³-hybridized carbons (Fsp3) is 0.385. The topological polar surface area (TPSA) is 84.0 Å². The van der Waals surface area contributed by atoms with Crippen molar-refractivity contribution >= 4 is 46.7 Å². The van der Waals surface area contributed by atoms with Crippen LogP contribution >= 0.6 is 11.6 Å². The van der Waals surface area contributed by atoms with Crippen molar-refractivity contribution in [2.24, 2.45) is 23.7 Å². The van der Waals surface area contributed by atoms with Gasteiger partial charge in [0.1, 0.15) is 5.75 Å². The summed E-state index contributed by atoms with van der Waals surface area (Å²) in [5.74, 6) is -1.28. The molecule has 2 aromatic rings. The Bertz CT molecular complexity index is 1160. The highest BCUT2D eigenvalue weighted by Crippen LogP contribution is 2.42. The van der Waals surface area contributed by atoms with Gasteiger partial charge in [0.15, 0.2) is 0 Å². The van der Waals surface area contributed by atoms with Gasteiger partial charge in [0.25, 0.3) is 0 Å². The molecule has 4 atom stereocenters. The van der Waals surface area contributed by atoms with Crippen LogP contribution in [-0.2, 0) is 19.2 Å². The lowest BCUT2D eigenvalue weighted by molar-refractivity contribution is -0.139. The summed E-state index contributed by atoms with van der Waals surface area (Å²) in [4.78, 5) is 53.7. The summed E-state index contributed by atoms with van der Waals surface area (Å²) in [5.41, 5.74) is 1.13. The molecule has 1 saturated carbocycles. The minimum Gasteiger partial charge on any atom is -0.426 e. The molecule has 2 saturated heterocycles. The highest BCUT2D eigenvalue weighted by molar-refractivity contribution is 6.31. The zero-order chi connectivity index (χ0) is 24.0. The summed E-state index contributed by atoms with van der Waals surface area (Å²) in [6, 6.07) is 13.3. The zero-order valence-electron chi connectivity index (χ0n) is 18.8. The Kier molecular flexibility index (Phi) is 5.90. The van der Waals surface area contributed by atoms with Crippen LogP contribution in [-0.4, -0.2) is 30.2 Å². The molecule has 0 radical (unpaired) electrons. The summed E-state index contributed by atoms with van der Waals surface area (Å²) in [5, 5.41) is 0.514. The molecule has 0 N–H and O–H groups in total. The number of amides is 3. The standard InChI is InChI=1S/C26H25ClN2O5/c1-15-5-10-21-22(11-15)25(32)29(24(21)31)18-6-8-20(9-7-18)34-26(33)16-12-23(30)28(14-16)19-4-2-3-17(27)13-19/h2-4,6-9,13,15-16,21-22H,5,10-12,14H2,1H3/t15-,16-,21+,22-/m1/s1. The van der Waals surface area contributed by atoms with Gasteiger partial charge in [0.2, 0.25) is 17.7 Å². The molecule has 176 valence electrons. The number of nitrogens with zero attached hydrogens (tertiary/aromatic N) is 2. The fourth-order valence-corrected chi connectivity index (χ4v) is 5.45. The van der Waals surface area contributed by atoms with Crippen LogP contribution in [0.5, 0.6) is 5.75 Å². The van der Waals surface area contributed by atoms with Gasteiger partial charge in [0, 0.05) is 23.7 Å². The van der Waals surface area contributed by atoms with E-state index in [1.165, 1.54) is 9.80 Å². The molecule has 3 aliphatic rings. The Balaban J connectivity index is 1.24. The first-order valence-corrected chi connectivity index (χ1v) is 11.9. The van der Waals surface area contributed by atoms with E-state index in [9.17, 15) is 19.2 Å². The second-order valence-electron chi connectivity index (χ2n) is 9.44. The third-order valence-electron chi connectivity index (χ3n) is 7.08. The predicted molar refractivity (Wildman–Crippen MR) is 126 cm³/mol. The second-order valence-corrected chi connectivity index (χ2v) is 9.88. The Morgan fingerprint density at radius 1 is 0.971 bits per heavy atom. The zero-order valence-corrected chi connectivity index (χ0v) is 19.5. The molecule has 0 spiro atoms. The first-order valence-electron chi connectivity index (χ1n) is 11.6. The summed E-state index contributed by atoms with van der Waals surface area (Å²) in [6.45, 7) is 2.33. The summed E-state index contributed by atoms with van der Waals surface area (Å²) >= 11 is 6.02. The van der Waals surface area contributed by atoms with Gasteiger partial charge in [-0.15, -0.1) is 0 Å². The van der Waals surface area contributed by atoms with Crippen LogP contribution in [0.15, 0.2) is 48.5 Å². The Morgan fingerprint density at radius 2 is 1.71 bits per heavy atom. The molecule has 5 rings (SSSR count). The predicted octanol–water partition coefficient (Wildman–Crippen LogP) is 4.22. The lowest BCUT2D eigenvalue weighted by atomic mass is 9.76. The minimum absolute atomic E-state index is 0.0570. The number of rotatable bonds is 4. The number of esters is 1. The van der Waals surface area contributed by atoms with E-state index in [1.807, 2.05) is 0 Å². The summed E-state index contributed by atoms with van der Waals surface area (Å²) in [6.07, 6.45) is 2.51. The van der Waals surface area contributed by atoms with Crippen LogP contribution in [0.3, 0.4) is 0 Å². The van der Waals surface area contributed by atoms with E-state index >= 15 is 0 Å². The maximum atomic E-state index is 12.9. The molecule has 2 aromatic carbocycles. The van der Waals surface area contributed by atoms with Gasteiger partial charge in [-0.2, -0.15) is 0 Å². The summed E-state index contributed by atoms with van der Waals surface area (Å²) < 4.78 is 5.50. The average molecular weight is 481 g/mol. The number of carbonyl (C=O) groups is 4. The van der Waals surface area contributed by atoms with Crippen LogP contribution in [0.1, 0.15) is 32.6 Å². The quantitative estimate of drug-likeness (QED) is 0.371. The van der Waals surface area contributed by atoms with Crippen LogP contribution < -0.4 is 14.5 Å². The SMILES string of the molecule is C[C@@H]1CC[C@@H]2C(=O)N(c3ccc(OC(=O)[C@@H]4CC(=O)N(c5cccc(Cl)c5)C4)cc3)C(=O)[C@@H]2C1. The van der Waals surface area contributed by atoms with E-state index in [0.717, 1.165) is 19.3 Å². The van der Waals surface area contributed by atoms with Crippen molar-refractivity contribution < 1.29 is 23.9 Å². The van der Waals surface area contributed by atoms with E-state index in [0.29, 0.717) is 28.1 Å². The normalized spacial score (nSPS) is 26.7. The van der Waals surface area contributed by atoms with Crippen LogP contribution in [0, 0.1) is 23.7 Å². The molecular formula is C26H25ClN2O5. The number of halogens is 1. The second kappa shape index (κ2) is 8.87. The van der Waals surface area contributed by atoms with E-state index < -0.39 is 11.9 Å². The van der Waals surface area contributed by atoms with Crippen LogP contribution in [0.25, 0.3) is 0 Å². The first-order chi connectivity index (χ1) is 16.3. The van der Waals surface area contributed by atoms with Crippen molar-refractivity contribution in [1.29, 1.82) is 0 Å². The maximum absolute atomic E-state index is 12.9. The van der Waals surface area contributed by atoms with E-state index in [-0.39, 0.29) is 42.5 Å². The van der Waals surface area contributed by atoms with Gasteiger partial charge in [0.05, 0.1) is 23.4 Å². The van der Waals surface area contributed by atoms with Gasteiger partial charge in [-0.3, -0.25) is 24.1 Å². The number of imide groups is 1. The highest BCUT2D eigenvalue weighted by Gasteiger charge is 2.50. The van der Waals surface area contributed by atoms with Gasteiger partial charge >= 0.3 is 5.97 Å². The number of anilines is 2. The molecule has 1 aliphatic carbocycles. The maximum Gasteiger partial charge on any atom is 0.316 e. The van der Waals surface area contributed by atoms with Crippen molar-refractivity contribution in [3.63, 3.8) is 0 Å². The fourth-order valence-electron chi connectivity index (χ4n) is 5.27.